The van der Waals surface area contributed by atoms with Crippen LogP contribution < -0.4 is 14.8 Å². The molecule has 1 heterocycles. The van der Waals surface area contributed by atoms with Crippen molar-refractivity contribution in [3.8, 4) is 23.0 Å². The quantitative estimate of drug-likeness (QED) is 0.575. The molecule has 0 saturated heterocycles. The fraction of sp³-hybridized carbons (Fsp3) is 0.0714. The van der Waals surface area contributed by atoms with Gasteiger partial charge in [-0.3, -0.25) is 14.9 Å². The van der Waals surface area contributed by atoms with E-state index in [0.717, 1.165) is 0 Å². The number of carbonyl (C=O) groups is 1. The lowest BCUT2D eigenvalue weighted by Crippen LogP contribution is -2.06. The van der Waals surface area contributed by atoms with Crippen molar-refractivity contribution < 1.29 is 19.2 Å². The molecule has 0 aromatic heterocycles. The molecule has 0 saturated carbocycles. The van der Waals surface area contributed by atoms with Gasteiger partial charge in [0.25, 0.3) is 5.69 Å². The molecule has 1 aliphatic heterocycles. The van der Waals surface area contributed by atoms with E-state index in [4.69, 9.17) is 9.47 Å². The van der Waals surface area contributed by atoms with E-state index in [-0.39, 0.29) is 17.3 Å². The third-order valence-electron chi connectivity index (χ3n) is 2.84. The van der Waals surface area contributed by atoms with Gasteiger partial charge in [0, 0.05) is 24.7 Å². The second-order valence-corrected chi connectivity index (χ2v) is 4.43. The summed E-state index contributed by atoms with van der Waals surface area (Å²) in [4.78, 5) is 21.3. The van der Waals surface area contributed by atoms with E-state index < -0.39 is 4.92 Å². The molecule has 0 fully saturated rings. The predicted molar refractivity (Wildman–Crippen MR) is 74.0 cm³/mol. The number of nitrogens with zero attached hydrogens (tertiary/aromatic N) is 1. The Morgan fingerprint density at radius 1 is 1.05 bits per heavy atom. The highest BCUT2D eigenvalue weighted by Crippen LogP contribution is 2.47. The number of fused-ring (bicyclic) bond motifs is 2. The van der Waals surface area contributed by atoms with Crippen LogP contribution in [0.5, 0.6) is 23.0 Å². The van der Waals surface area contributed by atoms with Crippen molar-refractivity contribution >= 4 is 17.3 Å². The van der Waals surface area contributed by atoms with Gasteiger partial charge in [-0.15, -0.1) is 0 Å². The standard InChI is InChI=1S/C14H10N2O5/c1-8(17)15-9-2-4-11-13(6-9)21-14-7-10(16(18)19)3-5-12(14)20-11/h2-7H,1H3,(H,15,17). The third kappa shape index (κ3) is 2.48. The van der Waals surface area contributed by atoms with Gasteiger partial charge in [-0.2, -0.15) is 0 Å². The molecule has 0 radical (unpaired) electrons. The number of nitro groups is 1. The molecule has 1 N–H and O–H groups in total. The molecule has 21 heavy (non-hydrogen) atoms. The van der Waals surface area contributed by atoms with E-state index in [9.17, 15) is 14.9 Å². The van der Waals surface area contributed by atoms with Crippen LogP contribution in [-0.2, 0) is 4.79 Å². The van der Waals surface area contributed by atoms with Crippen molar-refractivity contribution in [3.63, 3.8) is 0 Å². The summed E-state index contributed by atoms with van der Waals surface area (Å²) < 4.78 is 11.2. The van der Waals surface area contributed by atoms with Crippen LogP contribution in [-0.4, -0.2) is 10.8 Å². The SMILES string of the molecule is CC(=O)Nc1ccc2c(c1)Oc1cc([N+](=O)[O-])ccc1O2. The third-order valence-corrected chi connectivity index (χ3v) is 2.84. The van der Waals surface area contributed by atoms with Crippen LogP contribution >= 0.6 is 0 Å². The Balaban J connectivity index is 1.95. The average molecular weight is 286 g/mol. The highest BCUT2D eigenvalue weighted by atomic mass is 16.6. The van der Waals surface area contributed by atoms with E-state index in [0.29, 0.717) is 22.9 Å². The van der Waals surface area contributed by atoms with E-state index >= 15 is 0 Å². The van der Waals surface area contributed by atoms with Crippen LogP contribution in [0, 0.1) is 10.1 Å². The van der Waals surface area contributed by atoms with Crippen LogP contribution in [0.25, 0.3) is 0 Å². The zero-order valence-corrected chi connectivity index (χ0v) is 11.0. The first kappa shape index (κ1) is 12.9. The number of anilines is 1. The van der Waals surface area contributed by atoms with Gasteiger partial charge < -0.3 is 14.8 Å². The second kappa shape index (κ2) is 4.78. The van der Waals surface area contributed by atoms with Gasteiger partial charge in [-0.1, -0.05) is 0 Å². The number of nitro benzene ring substituents is 1. The van der Waals surface area contributed by atoms with Crippen molar-refractivity contribution in [2.24, 2.45) is 0 Å². The smallest absolute Gasteiger partial charge is 0.273 e. The van der Waals surface area contributed by atoms with Gasteiger partial charge in [-0.05, 0) is 18.2 Å². The van der Waals surface area contributed by atoms with Gasteiger partial charge in [0.1, 0.15) is 0 Å². The minimum atomic E-state index is -0.507. The maximum Gasteiger partial charge on any atom is 0.273 e. The number of hydrogen-bond acceptors (Lipinski definition) is 5. The van der Waals surface area contributed by atoms with Gasteiger partial charge in [0.05, 0.1) is 11.0 Å². The Morgan fingerprint density at radius 3 is 2.33 bits per heavy atom. The number of ether oxygens (including phenoxy) is 2. The Labute approximate surface area is 119 Å². The normalized spacial score (nSPS) is 11.5. The zero-order chi connectivity index (χ0) is 15.0. The molecule has 7 nitrogen and oxygen atoms in total. The molecule has 2 aromatic carbocycles. The maximum atomic E-state index is 11.0. The molecule has 0 spiro atoms. The molecule has 0 atom stereocenters. The summed E-state index contributed by atoms with van der Waals surface area (Å²) in [5, 5.41) is 13.4. The summed E-state index contributed by atoms with van der Waals surface area (Å²) >= 11 is 0. The largest absolute Gasteiger partial charge is 0.450 e. The van der Waals surface area contributed by atoms with Crippen LogP contribution in [0.2, 0.25) is 0 Å². The lowest BCUT2D eigenvalue weighted by atomic mass is 10.2. The lowest BCUT2D eigenvalue weighted by molar-refractivity contribution is -0.384. The maximum absolute atomic E-state index is 11.0. The molecule has 1 aliphatic rings. The molecule has 1 amide bonds. The van der Waals surface area contributed by atoms with Gasteiger partial charge in [0.15, 0.2) is 23.0 Å². The van der Waals surface area contributed by atoms with Crippen molar-refractivity contribution in [1.29, 1.82) is 0 Å². The van der Waals surface area contributed by atoms with Crippen LogP contribution in [0.15, 0.2) is 36.4 Å². The summed E-state index contributed by atoms with van der Waals surface area (Å²) in [6.07, 6.45) is 0. The first-order valence-corrected chi connectivity index (χ1v) is 6.09. The number of amides is 1. The Kier molecular flexibility index (Phi) is 2.94. The number of rotatable bonds is 2. The van der Waals surface area contributed by atoms with Crippen LogP contribution in [0.1, 0.15) is 6.92 Å². The lowest BCUT2D eigenvalue weighted by Gasteiger charge is -2.20. The number of carbonyl (C=O) groups excluding carboxylic acids is 1. The second-order valence-electron chi connectivity index (χ2n) is 4.43. The molecule has 3 rings (SSSR count). The van der Waals surface area contributed by atoms with Crippen molar-refractivity contribution in [2.45, 2.75) is 6.92 Å². The highest BCUT2D eigenvalue weighted by Gasteiger charge is 2.21. The molecular weight excluding hydrogens is 276 g/mol. The topological polar surface area (TPSA) is 90.7 Å². The molecule has 0 unspecified atom stereocenters. The fourth-order valence-corrected chi connectivity index (χ4v) is 1.96. The summed E-state index contributed by atoms with van der Waals surface area (Å²) in [7, 11) is 0. The van der Waals surface area contributed by atoms with Crippen molar-refractivity contribution in [3.05, 3.63) is 46.5 Å². The highest BCUT2D eigenvalue weighted by molar-refractivity contribution is 5.89. The number of non-ortho nitro benzene ring substituents is 1. The first-order chi connectivity index (χ1) is 10.0. The number of nitrogens with one attached hydrogen (secondary N) is 1. The van der Waals surface area contributed by atoms with E-state index in [1.54, 1.807) is 18.2 Å². The van der Waals surface area contributed by atoms with Gasteiger partial charge in [0.2, 0.25) is 5.91 Å². The predicted octanol–water partition coefficient (Wildman–Crippen LogP) is 3.45. The van der Waals surface area contributed by atoms with E-state index in [1.165, 1.54) is 25.1 Å². The summed E-state index contributed by atoms with van der Waals surface area (Å²) in [6.45, 7) is 1.40. The van der Waals surface area contributed by atoms with Crippen LogP contribution in [0.4, 0.5) is 11.4 Å². The molecule has 106 valence electrons. The fourth-order valence-electron chi connectivity index (χ4n) is 1.96. The summed E-state index contributed by atoms with van der Waals surface area (Å²) in [5.41, 5.74) is 0.470. The van der Waals surface area contributed by atoms with Gasteiger partial charge >= 0.3 is 0 Å². The molecular formula is C14H10N2O5. The molecule has 2 aromatic rings. The summed E-state index contributed by atoms with van der Waals surface area (Å²) in [6, 6.07) is 9.06. The Morgan fingerprint density at radius 2 is 1.67 bits per heavy atom. The van der Waals surface area contributed by atoms with Crippen LogP contribution in [0.3, 0.4) is 0 Å². The van der Waals surface area contributed by atoms with Crippen molar-refractivity contribution in [1.82, 2.24) is 0 Å². The van der Waals surface area contributed by atoms with E-state index in [2.05, 4.69) is 5.32 Å². The molecule has 0 aliphatic carbocycles. The Hall–Kier alpha value is -3.09. The summed E-state index contributed by atoms with van der Waals surface area (Å²) in [5.74, 6) is 1.32. The number of benzene rings is 2. The molecule has 0 bridgehead atoms. The minimum absolute atomic E-state index is 0.0844. The minimum Gasteiger partial charge on any atom is -0.450 e. The molecule has 7 heteroatoms. The first-order valence-electron chi connectivity index (χ1n) is 6.09. The van der Waals surface area contributed by atoms with Gasteiger partial charge in [-0.25, -0.2) is 0 Å². The Bertz CT molecular complexity index is 757. The van der Waals surface area contributed by atoms with Crippen molar-refractivity contribution in [2.75, 3.05) is 5.32 Å². The van der Waals surface area contributed by atoms with E-state index in [1.807, 2.05) is 0 Å². The monoisotopic (exact) mass is 286 g/mol. The number of hydrogen-bond donors (Lipinski definition) is 1. The average Bonchev–Trinajstić information content (AvgIpc) is 2.43. The zero-order valence-electron chi connectivity index (χ0n) is 11.0.